The van der Waals surface area contributed by atoms with Gasteiger partial charge in [0.1, 0.15) is 27.2 Å². The molecule has 0 aliphatic carbocycles. The van der Waals surface area contributed by atoms with E-state index in [0.717, 1.165) is 0 Å². The second-order valence-electron chi connectivity index (χ2n) is 7.40. The maximum absolute atomic E-state index is 11.6. The van der Waals surface area contributed by atoms with Crippen LogP contribution in [-0.4, -0.2) is 88.1 Å². The Labute approximate surface area is 156 Å². The summed E-state index contributed by atoms with van der Waals surface area (Å²) in [5.41, 5.74) is 0.435. The molecule has 1 N–H and O–H groups in total. The molecule has 0 saturated carbocycles. The number of carbonyl (C=O) groups excluding carboxylic acids is 2. The third-order valence-electron chi connectivity index (χ3n) is 3.07. The van der Waals surface area contributed by atoms with Gasteiger partial charge < -0.3 is 14.4 Å². The van der Waals surface area contributed by atoms with E-state index in [9.17, 15) is 23.1 Å². The standard InChI is InChI=1S/C11H21NO5S.C5H11NO2/c1-5-12(3,4)17-11(13)10(2)8-6-7-9-18(14,15)16;1-6(2,3)4-5(7)8/h8H,5-7,9H2,1-4H3;4H2,1-3H3/p+1/b10-8+;. The van der Waals surface area contributed by atoms with Crippen molar-refractivity contribution >= 4 is 22.1 Å². The Bertz CT molecular complexity index is 590. The first-order valence-electron chi connectivity index (χ1n) is 8.18. The second-order valence-corrected chi connectivity index (χ2v) is 8.98. The molecule has 0 atom stereocenters. The van der Waals surface area contributed by atoms with Crippen LogP contribution in [0, 0.1) is 0 Å². The van der Waals surface area contributed by atoms with Gasteiger partial charge in [0.05, 0.1) is 32.9 Å². The van der Waals surface area contributed by atoms with Crippen molar-refractivity contribution in [3.8, 4) is 0 Å². The van der Waals surface area contributed by atoms with Gasteiger partial charge in [0.15, 0.2) is 0 Å². The van der Waals surface area contributed by atoms with Crippen LogP contribution in [0.25, 0.3) is 0 Å². The predicted molar refractivity (Wildman–Crippen MR) is 96.1 cm³/mol. The van der Waals surface area contributed by atoms with Gasteiger partial charge in [-0.05, 0) is 26.7 Å². The van der Waals surface area contributed by atoms with Crippen LogP contribution in [-0.2, 0) is 24.5 Å². The third kappa shape index (κ3) is 18.8. The Balaban J connectivity index is 0. The van der Waals surface area contributed by atoms with Crippen molar-refractivity contribution in [1.29, 1.82) is 0 Å². The lowest BCUT2D eigenvalue weighted by Gasteiger charge is -2.24. The highest BCUT2D eigenvalue weighted by molar-refractivity contribution is 7.85. The Morgan fingerprint density at radius 2 is 1.65 bits per heavy atom. The number of likely N-dealkylation sites (N-methyl/N-ethyl adjacent to an activating group) is 1. The minimum absolute atomic E-state index is 0.0694. The maximum Gasteiger partial charge on any atom is 0.392 e. The van der Waals surface area contributed by atoms with E-state index in [0.29, 0.717) is 23.0 Å². The monoisotopic (exact) mass is 397 g/mol. The van der Waals surface area contributed by atoms with E-state index in [2.05, 4.69) is 0 Å². The maximum atomic E-state index is 11.6. The van der Waals surface area contributed by atoms with Crippen molar-refractivity contribution in [2.75, 3.05) is 54.1 Å². The quantitative estimate of drug-likeness (QED) is 0.185. The molecule has 0 amide bonds. The predicted octanol–water partition coefficient (Wildman–Crippen LogP) is -0.402. The first-order valence-corrected chi connectivity index (χ1v) is 9.79. The number of quaternary nitrogens is 2. The van der Waals surface area contributed by atoms with Crippen LogP contribution in [0.15, 0.2) is 11.6 Å². The molecule has 0 saturated heterocycles. The second kappa shape index (κ2) is 11.3. The van der Waals surface area contributed by atoms with Crippen LogP contribution >= 0.6 is 0 Å². The highest BCUT2D eigenvalue weighted by Crippen LogP contribution is 2.07. The first kappa shape index (κ1) is 26.7. The number of allylic oxidation sites excluding steroid dienone is 1. The lowest BCUT2D eigenvalue weighted by molar-refractivity contribution is -1.06. The number of hydrogen-bond acceptors (Lipinski definition) is 6. The molecule has 0 rings (SSSR count). The number of nitrogens with zero attached hydrogens (tertiary/aromatic N) is 2. The van der Waals surface area contributed by atoms with Gasteiger partial charge in [0.2, 0.25) is 0 Å². The number of rotatable bonds is 9. The molecule has 0 spiro atoms. The first-order chi connectivity index (χ1) is 11.5. The van der Waals surface area contributed by atoms with E-state index >= 15 is 0 Å². The minimum Gasteiger partial charge on any atom is -0.544 e. The zero-order chi connectivity index (χ0) is 21.2. The number of unbranched alkanes of at least 4 members (excludes halogenated alkanes) is 1. The normalized spacial score (nSPS) is 12.8. The molecule has 0 aromatic rings. The molecular formula is C16H33N2O7S+. The van der Waals surface area contributed by atoms with Gasteiger partial charge in [-0.2, -0.15) is 8.42 Å². The number of hydrogen-bond donors (Lipinski definition) is 1. The van der Waals surface area contributed by atoms with Crippen molar-refractivity contribution in [2.45, 2.75) is 26.7 Å². The molecule has 0 heterocycles. The van der Waals surface area contributed by atoms with Crippen LogP contribution in [0.5, 0.6) is 0 Å². The number of aliphatic carboxylic acids is 1. The van der Waals surface area contributed by atoms with Crippen molar-refractivity contribution in [1.82, 2.24) is 0 Å². The lowest BCUT2D eigenvalue weighted by Crippen LogP contribution is -2.45. The molecule has 154 valence electrons. The smallest absolute Gasteiger partial charge is 0.392 e. The molecular weight excluding hydrogens is 364 g/mol. The van der Waals surface area contributed by atoms with Crippen LogP contribution in [0.3, 0.4) is 0 Å². The summed E-state index contributed by atoms with van der Waals surface area (Å²) in [5, 5.41) is 9.89. The third-order valence-corrected chi connectivity index (χ3v) is 3.88. The van der Waals surface area contributed by atoms with Gasteiger partial charge in [-0.25, -0.2) is 4.79 Å². The molecule has 0 aliphatic rings. The van der Waals surface area contributed by atoms with Gasteiger partial charge in [-0.15, -0.1) is 4.65 Å². The van der Waals surface area contributed by atoms with Gasteiger partial charge in [-0.3, -0.25) is 9.39 Å². The average molecular weight is 398 g/mol. The van der Waals surface area contributed by atoms with E-state index in [1.54, 1.807) is 48.2 Å². The highest BCUT2D eigenvalue weighted by Gasteiger charge is 2.20. The van der Waals surface area contributed by atoms with Gasteiger partial charge >= 0.3 is 5.97 Å². The largest absolute Gasteiger partial charge is 0.544 e. The van der Waals surface area contributed by atoms with E-state index in [1.807, 2.05) is 6.92 Å². The topological polar surface area (TPSA) is 121 Å². The summed E-state index contributed by atoms with van der Waals surface area (Å²) in [5.74, 6) is -1.73. The Morgan fingerprint density at radius 3 is 1.96 bits per heavy atom. The van der Waals surface area contributed by atoms with Crippen LogP contribution < -0.4 is 5.11 Å². The minimum atomic E-state index is -3.92. The van der Waals surface area contributed by atoms with E-state index in [4.69, 9.17) is 9.39 Å². The van der Waals surface area contributed by atoms with E-state index in [1.165, 1.54) is 0 Å². The van der Waals surface area contributed by atoms with Crippen molar-refractivity contribution < 1.29 is 41.6 Å². The molecule has 0 aromatic carbocycles. The number of carbonyl (C=O) groups is 2. The molecule has 0 aromatic heterocycles. The number of carboxylic acid groups (broad SMARTS) is 1. The highest BCUT2D eigenvalue weighted by atomic mass is 32.2. The average Bonchev–Trinajstić information content (AvgIpc) is 2.39. The van der Waals surface area contributed by atoms with E-state index < -0.39 is 22.1 Å². The number of carboxylic acids is 1. The Kier molecular flexibility index (Phi) is 11.6. The summed E-state index contributed by atoms with van der Waals surface area (Å²) in [6.45, 7) is 4.24. The summed E-state index contributed by atoms with van der Waals surface area (Å²) >= 11 is 0. The molecule has 9 nitrogen and oxygen atoms in total. The summed E-state index contributed by atoms with van der Waals surface area (Å²) in [6.07, 6.45) is 2.29. The Hall–Kier alpha value is -1.49. The summed E-state index contributed by atoms with van der Waals surface area (Å²) < 4.78 is 30.0. The fourth-order valence-corrected chi connectivity index (χ4v) is 1.95. The molecule has 0 bridgehead atoms. The fraction of sp³-hybridized carbons (Fsp3) is 0.750. The van der Waals surface area contributed by atoms with Crippen molar-refractivity contribution in [3.05, 3.63) is 11.6 Å². The van der Waals surface area contributed by atoms with Crippen LogP contribution in [0.2, 0.25) is 0 Å². The lowest BCUT2D eigenvalue weighted by atomic mass is 10.2. The molecule has 10 heteroatoms. The number of hydroxylamine groups is 3. The summed E-state index contributed by atoms with van der Waals surface area (Å²) in [6, 6.07) is 0. The molecule has 26 heavy (non-hydrogen) atoms. The zero-order valence-corrected chi connectivity index (χ0v) is 17.6. The molecule has 0 fully saturated rings. The molecule has 0 aliphatic heterocycles. The molecule has 0 unspecified atom stereocenters. The van der Waals surface area contributed by atoms with Gasteiger partial charge in [0, 0.05) is 5.57 Å². The summed E-state index contributed by atoms with van der Waals surface area (Å²) in [7, 11) is 5.02. The fourth-order valence-electron chi connectivity index (χ4n) is 1.42. The van der Waals surface area contributed by atoms with Crippen molar-refractivity contribution in [3.63, 3.8) is 0 Å². The van der Waals surface area contributed by atoms with Crippen molar-refractivity contribution in [2.24, 2.45) is 0 Å². The Morgan fingerprint density at radius 1 is 1.15 bits per heavy atom. The van der Waals surface area contributed by atoms with Gasteiger partial charge in [0.25, 0.3) is 10.1 Å². The van der Waals surface area contributed by atoms with Gasteiger partial charge in [-0.1, -0.05) is 6.08 Å². The SMILES string of the molecule is CC[N+](C)(C)OC(=O)/C(C)=C/CCCS(=O)(=O)O.C[N+](C)(C)CC(=O)[O-]. The summed E-state index contributed by atoms with van der Waals surface area (Å²) in [4.78, 5) is 26.7. The van der Waals surface area contributed by atoms with Crippen LogP contribution in [0.4, 0.5) is 0 Å². The van der Waals surface area contributed by atoms with Crippen LogP contribution in [0.1, 0.15) is 26.7 Å². The molecule has 0 radical (unpaired) electrons. The van der Waals surface area contributed by atoms with E-state index in [-0.39, 0.29) is 23.4 Å². The zero-order valence-electron chi connectivity index (χ0n) is 16.8.